The minimum Gasteiger partial charge on any atom is -0.312 e. The Kier molecular flexibility index (Phi) is 2.36. The van der Waals surface area contributed by atoms with E-state index in [-0.39, 0.29) is 5.56 Å². The number of rotatable bonds is 1. The van der Waals surface area contributed by atoms with Gasteiger partial charge in [0.25, 0.3) is 0 Å². The summed E-state index contributed by atoms with van der Waals surface area (Å²) >= 11 is 0. The molecule has 2 N–H and O–H groups in total. The van der Waals surface area contributed by atoms with E-state index in [1.54, 1.807) is 6.07 Å². The summed E-state index contributed by atoms with van der Waals surface area (Å²) in [6, 6.07) is 3.67. The van der Waals surface area contributed by atoms with Crippen molar-refractivity contribution in [2.75, 3.05) is 0 Å². The van der Waals surface area contributed by atoms with Gasteiger partial charge in [0.2, 0.25) is 0 Å². The molecule has 0 bridgehead atoms. The second kappa shape index (κ2) is 3.28. The molecule has 4 heteroatoms. The van der Waals surface area contributed by atoms with E-state index in [2.05, 4.69) is 0 Å². The summed E-state index contributed by atoms with van der Waals surface area (Å²) in [7, 11) is 0. The molecule has 0 amide bonds. The van der Waals surface area contributed by atoms with E-state index in [4.69, 9.17) is 11.0 Å². The Morgan fingerprint density at radius 3 is 2.25 bits per heavy atom. The van der Waals surface area contributed by atoms with Gasteiger partial charge in [-0.15, -0.1) is 0 Å². The average molecular weight is 168 g/mol. The zero-order valence-corrected chi connectivity index (χ0v) is 6.09. The number of hydrogen-bond donors (Lipinski definition) is 1. The lowest BCUT2D eigenvalue weighted by molar-refractivity contribution is 0.548. The lowest BCUT2D eigenvalue weighted by Gasteiger charge is -2.04. The minimum absolute atomic E-state index is 0.375. The van der Waals surface area contributed by atoms with E-state index >= 15 is 0 Å². The maximum absolute atomic E-state index is 12.8. The van der Waals surface area contributed by atoms with Gasteiger partial charge < -0.3 is 5.73 Å². The third-order valence-electron chi connectivity index (χ3n) is 1.45. The van der Waals surface area contributed by atoms with Crippen molar-refractivity contribution >= 4 is 0 Å². The van der Waals surface area contributed by atoms with Gasteiger partial charge in [0.15, 0.2) is 0 Å². The van der Waals surface area contributed by atoms with Crippen LogP contribution in [-0.2, 0) is 0 Å². The van der Waals surface area contributed by atoms with Crippen LogP contribution in [0, 0.1) is 23.0 Å². The van der Waals surface area contributed by atoms with Crippen molar-refractivity contribution in [1.82, 2.24) is 0 Å². The third-order valence-corrected chi connectivity index (χ3v) is 1.45. The smallest absolute Gasteiger partial charge is 0.131 e. The SMILES string of the molecule is N#C[C@H](N)c1c(F)cccc1F. The Labute approximate surface area is 68.2 Å². The standard InChI is InChI=1S/C8H6F2N2/c9-5-2-1-3-6(10)8(5)7(12)4-11/h1-3,7H,12H2/t7-/m0/s1. The van der Waals surface area contributed by atoms with Crippen molar-refractivity contribution in [1.29, 1.82) is 5.26 Å². The lowest BCUT2D eigenvalue weighted by Crippen LogP contribution is -2.11. The van der Waals surface area contributed by atoms with Crippen molar-refractivity contribution in [3.05, 3.63) is 35.4 Å². The fraction of sp³-hybridized carbons (Fsp3) is 0.125. The normalized spacial score (nSPS) is 12.2. The van der Waals surface area contributed by atoms with Gasteiger partial charge >= 0.3 is 0 Å². The van der Waals surface area contributed by atoms with Crippen LogP contribution in [0.2, 0.25) is 0 Å². The van der Waals surface area contributed by atoms with Gasteiger partial charge in [-0.1, -0.05) is 6.07 Å². The molecule has 0 aliphatic heterocycles. The van der Waals surface area contributed by atoms with Crippen LogP contribution < -0.4 is 5.73 Å². The molecule has 1 aromatic rings. The predicted octanol–water partition coefficient (Wildman–Crippen LogP) is 1.49. The number of nitrogens with zero attached hydrogens (tertiary/aromatic N) is 1. The maximum Gasteiger partial charge on any atom is 0.131 e. The highest BCUT2D eigenvalue weighted by molar-refractivity contribution is 5.26. The third kappa shape index (κ3) is 1.41. The lowest BCUT2D eigenvalue weighted by atomic mass is 10.1. The molecule has 1 atom stereocenters. The fourth-order valence-corrected chi connectivity index (χ4v) is 0.872. The van der Waals surface area contributed by atoms with Gasteiger partial charge in [0.05, 0.1) is 11.6 Å². The van der Waals surface area contributed by atoms with E-state index in [9.17, 15) is 8.78 Å². The Morgan fingerprint density at radius 1 is 1.33 bits per heavy atom. The van der Waals surface area contributed by atoms with Crippen LogP contribution in [0.4, 0.5) is 8.78 Å². The molecule has 0 radical (unpaired) electrons. The van der Waals surface area contributed by atoms with Crippen LogP contribution in [0.3, 0.4) is 0 Å². The molecule has 12 heavy (non-hydrogen) atoms. The minimum atomic E-state index is -1.24. The first kappa shape index (κ1) is 8.62. The molecule has 0 fully saturated rings. The van der Waals surface area contributed by atoms with E-state index in [1.165, 1.54) is 6.07 Å². The Balaban J connectivity index is 3.23. The number of hydrogen-bond acceptors (Lipinski definition) is 2. The summed E-state index contributed by atoms with van der Waals surface area (Å²) in [4.78, 5) is 0. The second-order valence-corrected chi connectivity index (χ2v) is 2.24. The molecule has 0 aromatic heterocycles. The highest BCUT2D eigenvalue weighted by Crippen LogP contribution is 2.17. The highest BCUT2D eigenvalue weighted by atomic mass is 19.1. The van der Waals surface area contributed by atoms with E-state index in [1.807, 2.05) is 0 Å². The first-order valence-electron chi connectivity index (χ1n) is 3.26. The number of halogens is 2. The zero-order valence-electron chi connectivity index (χ0n) is 6.09. The van der Waals surface area contributed by atoms with Gasteiger partial charge in [-0.2, -0.15) is 5.26 Å². The predicted molar refractivity (Wildman–Crippen MR) is 38.9 cm³/mol. The maximum atomic E-state index is 12.8. The number of benzene rings is 1. The second-order valence-electron chi connectivity index (χ2n) is 2.24. The monoisotopic (exact) mass is 168 g/mol. The number of nitriles is 1. The molecule has 0 heterocycles. The first-order chi connectivity index (χ1) is 5.66. The van der Waals surface area contributed by atoms with Crippen LogP contribution in [0.5, 0.6) is 0 Å². The summed E-state index contributed by atoms with van der Waals surface area (Å²) in [5.41, 5.74) is 4.78. The fourth-order valence-electron chi connectivity index (χ4n) is 0.872. The quantitative estimate of drug-likeness (QED) is 0.690. The molecule has 0 spiro atoms. The van der Waals surface area contributed by atoms with E-state index in [0.29, 0.717) is 0 Å². The summed E-state index contributed by atoms with van der Waals surface area (Å²) in [5.74, 6) is -1.58. The molecule has 0 aliphatic rings. The van der Waals surface area contributed by atoms with Gasteiger partial charge in [-0.25, -0.2) is 8.78 Å². The highest BCUT2D eigenvalue weighted by Gasteiger charge is 2.14. The van der Waals surface area contributed by atoms with Gasteiger partial charge in [-0.05, 0) is 12.1 Å². The summed E-state index contributed by atoms with van der Waals surface area (Å²) in [5, 5.41) is 8.33. The van der Waals surface area contributed by atoms with Crippen molar-refractivity contribution in [2.45, 2.75) is 6.04 Å². The molecule has 2 nitrogen and oxygen atoms in total. The van der Waals surface area contributed by atoms with Crippen molar-refractivity contribution < 1.29 is 8.78 Å². The number of nitrogens with two attached hydrogens (primary N) is 1. The van der Waals surface area contributed by atoms with Crippen molar-refractivity contribution in [3.63, 3.8) is 0 Å². The molecule has 0 aliphatic carbocycles. The largest absolute Gasteiger partial charge is 0.312 e. The molecular formula is C8H6F2N2. The van der Waals surface area contributed by atoms with Crippen LogP contribution in [0.1, 0.15) is 11.6 Å². The van der Waals surface area contributed by atoms with Gasteiger partial charge in [-0.3, -0.25) is 0 Å². The van der Waals surface area contributed by atoms with Crippen LogP contribution >= 0.6 is 0 Å². The topological polar surface area (TPSA) is 49.8 Å². The van der Waals surface area contributed by atoms with Crippen molar-refractivity contribution in [3.8, 4) is 6.07 Å². The average Bonchev–Trinajstić information content (AvgIpc) is 2.03. The zero-order chi connectivity index (χ0) is 9.14. The molecule has 1 aromatic carbocycles. The Hall–Kier alpha value is -1.47. The molecule has 0 saturated heterocycles. The summed E-state index contributed by atoms with van der Waals surface area (Å²) in [6.45, 7) is 0. The molecule has 1 rings (SSSR count). The van der Waals surface area contributed by atoms with Gasteiger partial charge in [0.1, 0.15) is 17.7 Å². The summed E-state index contributed by atoms with van der Waals surface area (Å²) in [6.07, 6.45) is 0. The Bertz CT molecular complexity index is 310. The first-order valence-corrected chi connectivity index (χ1v) is 3.26. The van der Waals surface area contributed by atoms with Crippen LogP contribution in [-0.4, -0.2) is 0 Å². The van der Waals surface area contributed by atoms with Crippen molar-refractivity contribution in [2.24, 2.45) is 5.73 Å². The molecule has 62 valence electrons. The van der Waals surface area contributed by atoms with Gasteiger partial charge in [0, 0.05) is 0 Å². The van der Waals surface area contributed by atoms with E-state index < -0.39 is 17.7 Å². The van der Waals surface area contributed by atoms with Crippen LogP contribution in [0.15, 0.2) is 18.2 Å². The summed E-state index contributed by atoms with van der Waals surface area (Å²) < 4.78 is 25.6. The molecule has 0 unspecified atom stereocenters. The molecular weight excluding hydrogens is 162 g/mol. The Morgan fingerprint density at radius 2 is 1.83 bits per heavy atom. The van der Waals surface area contributed by atoms with Crippen LogP contribution in [0.25, 0.3) is 0 Å². The van der Waals surface area contributed by atoms with E-state index in [0.717, 1.165) is 12.1 Å². The molecule has 0 saturated carbocycles.